The molecule has 2 aromatic carbocycles. The maximum absolute atomic E-state index is 11.7. The van der Waals surface area contributed by atoms with Crippen LogP contribution in [0.4, 0.5) is 0 Å². The fraction of sp³-hybridized carbons (Fsp3) is 0.0667. The van der Waals surface area contributed by atoms with E-state index in [1.165, 1.54) is 6.92 Å². The van der Waals surface area contributed by atoms with E-state index in [1.807, 2.05) is 30.3 Å². The quantitative estimate of drug-likeness (QED) is 0.393. The number of nitrogens with zero attached hydrogens (tertiary/aromatic N) is 1. The minimum Gasteiger partial charge on any atom is -0.457 e. The van der Waals surface area contributed by atoms with Crippen LogP contribution in [0.2, 0.25) is 0 Å². The third kappa shape index (κ3) is 3.19. The first kappa shape index (κ1) is 12.8. The summed E-state index contributed by atoms with van der Waals surface area (Å²) < 4.78 is 5.61. The van der Waals surface area contributed by atoms with Crippen molar-refractivity contribution in [3.05, 3.63) is 60.2 Å². The van der Waals surface area contributed by atoms with Crippen molar-refractivity contribution in [2.75, 3.05) is 0 Å². The molecular formula is C15H13NO3. The van der Waals surface area contributed by atoms with Crippen LogP contribution in [0, 0.1) is 0 Å². The monoisotopic (exact) mass is 255 g/mol. The van der Waals surface area contributed by atoms with E-state index >= 15 is 0 Å². The second-order valence-electron chi connectivity index (χ2n) is 3.95. The molecule has 0 aliphatic rings. The van der Waals surface area contributed by atoms with Crippen molar-refractivity contribution in [3.8, 4) is 11.5 Å². The van der Waals surface area contributed by atoms with Crippen LogP contribution in [0.25, 0.3) is 0 Å². The number of hydrogen-bond acceptors (Lipinski definition) is 4. The first-order valence-electron chi connectivity index (χ1n) is 5.77. The molecule has 1 N–H and O–H groups in total. The lowest BCUT2D eigenvalue weighted by Crippen LogP contribution is -2.10. The highest BCUT2D eigenvalue weighted by Gasteiger charge is 2.09. The molecule has 2 rings (SSSR count). The molecule has 0 saturated heterocycles. The Labute approximate surface area is 111 Å². The van der Waals surface area contributed by atoms with E-state index in [-0.39, 0.29) is 11.5 Å². The number of ketones is 1. The van der Waals surface area contributed by atoms with Gasteiger partial charge >= 0.3 is 0 Å². The first-order chi connectivity index (χ1) is 9.20. The van der Waals surface area contributed by atoms with Gasteiger partial charge in [-0.3, -0.25) is 4.79 Å². The van der Waals surface area contributed by atoms with Crippen molar-refractivity contribution in [2.24, 2.45) is 5.16 Å². The van der Waals surface area contributed by atoms with E-state index < -0.39 is 0 Å². The molecule has 2 aromatic rings. The van der Waals surface area contributed by atoms with E-state index in [0.717, 1.165) is 5.75 Å². The molecule has 19 heavy (non-hydrogen) atoms. The van der Waals surface area contributed by atoms with Gasteiger partial charge in [-0.25, -0.2) is 0 Å². The smallest absolute Gasteiger partial charge is 0.210 e. The number of para-hydroxylation sites is 1. The second-order valence-corrected chi connectivity index (χ2v) is 3.95. The molecular weight excluding hydrogens is 242 g/mol. The maximum atomic E-state index is 11.7. The molecule has 0 amide bonds. The van der Waals surface area contributed by atoms with Gasteiger partial charge in [-0.1, -0.05) is 23.4 Å². The number of carbonyl (C=O) groups is 1. The lowest BCUT2D eigenvalue weighted by molar-refractivity contribution is 0.106. The number of oxime groups is 1. The van der Waals surface area contributed by atoms with Gasteiger partial charge in [0.05, 0.1) is 0 Å². The second kappa shape index (κ2) is 5.82. The summed E-state index contributed by atoms with van der Waals surface area (Å²) in [4.78, 5) is 11.7. The molecule has 0 bridgehead atoms. The average molecular weight is 255 g/mol. The normalized spacial score (nSPS) is 11.1. The van der Waals surface area contributed by atoms with E-state index in [0.29, 0.717) is 11.3 Å². The number of ether oxygens (including phenoxy) is 1. The molecule has 0 spiro atoms. The average Bonchev–Trinajstić information content (AvgIpc) is 2.47. The third-order valence-corrected chi connectivity index (χ3v) is 2.57. The Morgan fingerprint density at radius 1 is 1.00 bits per heavy atom. The molecule has 96 valence electrons. The van der Waals surface area contributed by atoms with Crippen LogP contribution in [0.1, 0.15) is 17.3 Å². The zero-order valence-corrected chi connectivity index (χ0v) is 10.4. The first-order valence-corrected chi connectivity index (χ1v) is 5.77. The Morgan fingerprint density at radius 2 is 1.58 bits per heavy atom. The molecule has 0 aromatic heterocycles. The van der Waals surface area contributed by atoms with Crippen LogP contribution in [-0.2, 0) is 0 Å². The third-order valence-electron chi connectivity index (χ3n) is 2.57. The summed E-state index contributed by atoms with van der Waals surface area (Å²) in [6.07, 6.45) is 0. The van der Waals surface area contributed by atoms with Crippen LogP contribution in [0.5, 0.6) is 11.5 Å². The zero-order chi connectivity index (χ0) is 13.7. The summed E-state index contributed by atoms with van der Waals surface area (Å²) in [6.45, 7) is 1.46. The van der Waals surface area contributed by atoms with Crippen molar-refractivity contribution >= 4 is 11.5 Å². The standard InChI is InChI=1S/C15H13NO3/c1-11(16-18)15(17)12-7-9-14(10-8-12)19-13-5-3-2-4-6-13/h2-10,18H,1H3. The fourth-order valence-electron chi connectivity index (χ4n) is 1.55. The van der Waals surface area contributed by atoms with Crippen molar-refractivity contribution < 1.29 is 14.7 Å². The minimum absolute atomic E-state index is 0.0525. The number of benzene rings is 2. The van der Waals surface area contributed by atoms with Gasteiger partial charge in [0.25, 0.3) is 0 Å². The van der Waals surface area contributed by atoms with E-state index in [4.69, 9.17) is 9.94 Å². The summed E-state index contributed by atoms with van der Waals surface area (Å²) in [5, 5.41) is 11.4. The van der Waals surface area contributed by atoms with Crippen molar-refractivity contribution in [2.45, 2.75) is 6.92 Å². The van der Waals surface area contributed by atoms with Crippen LogP contribution in [0.3, 0.4) is 0 Å². The van der Waals surface area contributed by atoms with Crippen LogP contribution in [-0.4, -0.2) is 16.7 Å². The highest BCUT2D eigenvalue weighted by molar-refractivity contribution is 6.45. The predicted octanol–water partition coefficient (Wildman–Crippen LogP) is 3.51. The SMILES string of the molecule is CC(=NO)C(=O)c1ccc(Oc2ccccc2)cc1. The highest BCUT2D eigenvalue weighted by atomic mass is 16.5. The molecule has 0 radical (unpaired) electrons. The van der Waals surface area contributed by atoms with E-state index in [1.54, 1.807) is 24.3 Å². The van der Waals surface area contributed by atoms with E-state index in [9.17, 15) is 4.79 Å². The molecule has 0 saturated carbocycles. The predicted molar refractivity (Wildman–Crippen MR) is 72.2 cm³/mol. The molecule has 0 fully saturated rings. The number of hydrogen-bond donors (Lipinski definition) is 1. The number of carbonyl (C=O) groups excluding carboxylic acids is 1. The Kier molecular flexibility index (Phi) is 3.93. The summed E-state index contributed by atoms with van der Waals surface area (Å²) in [7, 11) is 0. The molecule has 0 heterocycles. The molecule has 0 aliphatic carbocycles. The summed E-state index contributed by atoms with van der Waals surface area (Å²) in [5.74, 6) is 1.06. The lowest BCUT2D eigenvalue weighted by atomic mass is 10.1. The Hall–Kier alpha value is -2.62. The van der Waals surface area contributed by atoms with Gasteiger partial charge in [0.15, 0.2) is 0 Å². The van der Waals surface area contributed by atoms with Gasteiger partial charge in [0, 0.05) is 5.56 Å². The molecule has 0 atom stereocenters. The van der Waals surface area contributed by atoms with Crippen molar-refractivity contribution in [1.29, 1.82) is 0 Å². The summed E-state index contributed by atoms with van der Waals surface area (Å²) >= 11 is 0. The largest absolute Gasteiger partial charge is 0.457 e. The molecule has 4 heteroatoms. The fourth-order valence-corrected chi connectivity index (χ4v) is 1.55. The van der Waals surface area contributed by atoms with Crippen LogP contribution < -0.4 is 4.74 Å². The van der Waals surface area contributed by atoms with Gasteiger partial charge < -0.3 is 9.94 Å². The Balaban J connectivity index is 2.13. The Morgan fingerprint density at radius 3 is 2.16 bits per heavy atom. The number of Topliss-reactive ketones (excluding diaryl/α,β-unsaturated/α-hetero) is 1. The maximum Gasteiger partial charge on any atom is 0.210 e. The van der Waals surface area contributed by atoms with Gasteiger partial charge in [0.2, 0.25) is 5.78 Å². The van der Waals surface area contributed by atoms with Gasteiger partial charge in [0.1, 0.15) is 17.2 Å². The summed E-state index contributed by atoms with van der Waals surface area (Å²) in [5.41, 5.74) is 0.507. The lowest BCUT2D eigenvalue weighted by Gasteiger charge is -2.06. The molecule has 0 unspecified atom stereocenters. The molecule has 4 nitrogen and oxygen atoms in total. The number of rotatable bonds is 4. The molecule has 0 aliphatic heterocycles. The van der Waals surface area contributed by atoms with Crippen LogP contribution >= 0.6 is 0 Å². The highest BCUT2D eigenvalue weighted by Crippen LogP contribution is 2.21. The van der Waals surface area contributed by atoms with Crippen LogP contribution in [0.15, 0.2) is 59.8 Å². The van der Waals surface area contributed by atoms with E-state index in [2.05, 4.69) is 5.16 Å². The van der Waals surface area contributed by atoms with Gasteiger partial charge in [-0.2, -0.15) is 0 Å². The van der Waals surface area contributed by atoms with Crippen molar-refractivity contribution in [1.82, 2.24) is 0 Å². The minimum atomic E-state index is -0.311. The summed E-state index contributed by atoms with van der Waals surface area (Å²) in [6, 6.07) is 16.0. The zero-order valence-electron chi connectivity index (χ0n) is 10.4. The van der Waals surface area contributed by atoms with Gasteiger partial charge in [-0.15, -0.1) is 0 Å². The van der Waals surface area contributed by atoms with Gasteiger partial charge in [-0.05, 0) is 43.3 Å². The topological polar surface area (TPSA) is 58.9 Å². The Bertz CT molecular complexity index is 589. The van der Waals surface area contributed by atoms with Crippen molar-refractivity contribution in [3.63, 3.8) is 0 Å².